The summed E-state index contributed by atoms with van der Waals surface area (Å²) in [5.41, 5.74) is 5.85. The van der Waals surface area contributed by atoms with Crippen LogP contribution < -0.4 is 0 Å². The fraction of sp³-hybridized carbons (Fsp3) is 0.167. The highest BCUT2D eigenvalue weighted by Crippen LogP contribution is 2.35. The summed E-state index contributed by atoms with van der Waals surface area (Å²) in [6, 6.07) is 6.60. The molecule has 0 fully saturated rings. The zero-order chi connectivity index (χ0) is 7.97. The molecule has 0 nitrogen and oxygen atoms in total. The van der Waals surface area contributed by atoms with Gasteiger partial charge in [-0.1, -0.05) is 36.4 Å². The van der Waals surface area contributed by atoms with Gasteiger partial charge in [0.25, 0.3) is 0 Å². The molecule has 0 aliphatic heterocycles. The first kappa shape index (κ1) is 6.24. The SMILES string of the molecule is C1=Cc2cccc3c2C1=CCC3. The van der Waals surface area contributed by atoms with Crippen LogP contribution in [0.15, 0.2) is 30.4 Å². The van der Waals surface area contributed by atoms with E-state index in [1.165, 1.54) is 35.1 Å². The molecular formula is C12H10. The molecule has 1 aromatic carbocycles. The third-order valence-corrected chi connectivity index (χ3v) is 2.69. The molecule has 0 saturated heterocycles. The van der Waals surface area contributed by atoms with Gasteiger partial charge in [-0.25, -0.2) is 0 Å². The van der Waals surface area contributed by atoms with Gasteiger partial charge in [0.05, 0.1) is 0 Å². The molecule has 0 spiro atoms. The van der Waals surface area contributed by atoms with Gasteiger partial charge in [0.1, 0.15) is 0 Å². The number of aryl methyl sites for hydroxylation is 1. The molecule has 12 heavy (non-hydrogen) atoms. The van der Waals surface area contributed by atoms with Gasteiger partial charge in [-0.2, -0.15) is 0 Å². The van der Waals surface area contributed by atoms with Crippen molar-refractivity contribution in [3.63, 3.8) is 0 Å². The second-order valence-electron chi connectivity index (χ2n) is 3.41. The first-order valence-electron chi connectivity index (χ1n) is 4.46. The molecule has 0 heterocycles. The van der Waals surface area contributed by atoms with Gasteiger partial charge in [-0.3, -0.25) is 0 Å². The molecule has 0 aromatic heterocycles. The van der Waals surface area contributed by atoms with Crippen LogP contribution in [0.4, 0.5) is 0 Å². The highest BCUT2D eigenvalue weighted by Gasteiger charge is 2.16. The van der Waals surface area contributed by atoms with E-state index in [1.54, 1.807) is 0 Å². The third kappa shape index (κ3) is 0.672. The fourth-order valence-electron chi connectivity index (χ4n) is 2.14. The lowest BCUT2D eigenvalue weighted by Crippen LogP contribution is -1.97. The topological polar surface area (TPSA) is 0 Å². The average molecular weight is 154 g/mol. The van der Waals surface area contributed by atoms with E-state index in [2.05, 4.69) is 36.4 Å². The van der Waals surface area contributed by atoms with Crippen LogP contribution in [0.3, 0.4) is 0 Å². The van der Waals surface area contributed by atoms with Crippen LogP contribution in [0.1, 0.15) is 23.1 Å². The van der Waals surface area contributed by atoms with Gasteiger partial charge < -0.3 is 0 Å². The summed E-state index contributed by atoms with van der Waals surface area (Å²) in [6.45, 7) is 0. The Labute approximate surface area is 72.2 Å². The molecule has 0 heteroatoms. The number of benzene rings is 1. The lowest BCUT2D eigenvalue weighted by Gasteiger charge is -2.13. The molecule has 1 aromatic rings. The van der Waals surface area contributed by atoms with Crippen LogP contribution in [0, 0.1) is 0 Å². The van der Waals surface area contributed by atoms with Crippen LogP contribution >= 0.6 is 0 Å². The maximum Gasteiger partial charge on any atom is -0.00824 e. The molecule has 0 atom stereocenters. The zero-order valence-corrected chi connectivity index (χ0v) is 6.88. The van der Waals surface area contributed by atoms with Crippen LogP contribution in [0.2, 0.25) is 0 Å². The Bertz CT molecular complexity index is 394. The van der Waals surface area contributed by atoms with E-state index in [4.69, 9.17) is 0 Å². The van der Waals surface area contributed by atoms with Crippen molar-refractivity contribution < 1.29 is 0 Å². The summed E-state index contributed by atoms with van der Waals surface area (Å²) in [7, 11) is 0. The molecule has 58 valence electrons. The van der Waals surface area contributed by atoms with Gasteiger partial charge in [0.2, 0.25) is 0 Å². The van der Waals surface area contributed by atoms with Gasteiger partial charge >= 0.3 is 0 Å². The normalized spacial score (nSPS) is 17.5. The smallest absolute Gasteiger partial charge is 0.00824 e. The van der Waals surface area contributed by atoms with E-state index in [9.17, 15) is 0 Å². The molecule has 2 aliphatic rings. The van der Waals surface area contributed by atoms with E-state index in [0.29, 0.717) is 0 Å². The Kier molecular flexibility index (Phi) is 1.09. The van der Waals surface area contributed by atoms with Crippen molar-refractivity contribution in [3.05, 3.63) is 47.0 Å². The molecule has 0 bridgehead atoms. The summed E-state index contributed by atoms with van der Waals surface area (Å²) in [5, 5.41) is 0. The number of hydrogen-bond acceptors (Lipinski definition) is 0. The third-order valence-electron chi connectivity index (χ3n) is 2.69. The van der Waals surface area contributed by atoms with Crippen LogP contribution in [-0.2, 0) is 6.42 Å². The van der Waals surface area contributed by atoms with Gasteiger partial charge in [0, 0.05) is 0 Å². The Morgan fingerprint density at radius 1 is 1.08 bits per heavy atom. The molecule has 0 radical (unpaired) electrons. The molecule has 2 aliphatic carbocycles. The minimum Gasteiger partial charge on any atom is -0.0763 e. The molecule has 3 rings (SSSR count). The van der Waals surface area contributed by atoms with Crippen molar-refractivity contribution in [2.75, 3.05) is 0 Å². The standard InChI is InChI=1S/C12H10/c1-3-9-4-2-6-11-8-7-10(5-1)12(9)11/h1,3,5-8H,2,4H2. The minimum atomic E-state index is 1.20. The van der Waals surface area contributed by atoms with Gasteiger partial charge in [0.15, 0.2) is 0 Å². The summed E-state index contributed by atoms with van der Waals surface area (Å²) >= 11 is 0. The van der Waals surface area contributed by atoms with Gasteiger partial charge in [-0.15, -0.1) is 0 Å². The van der Waals surface area contributed by atoms with Crippen molar-refractivity contribution in [3.8, 4) is 0 Å². The Morgan fingerprint density at radius 3 is 3.08 bits per heavy atom. The van der Waals surface area contributed by atoms with Crippen molar-refractivity contribution in [1.82, 2.24) is 0 Å². The molecule has 0 N–H and O–H groups in total. The number of allylic oxidation sites excluding steroid dienone is 3. The predicted molar refractivity (Wildman–Crippen MR) is 51.8 cm³/mol. The van der Waals surface area contributed by atoms with E-state index in [1.807, 2.05) is 0 Å². The van der Waals surface area contributed by atoms with Crippen molar-refractivity contribution in [2.45, 2.75) is 12.8 Å². The Balaban J connectivity index is 2.39. The van der Waals surface area contributed by atoms with Crippen molar-refractivity contribution in [2.24, 2.45) is 0 Å². The predicted octanol–water partition coefficient (Wildman–Crippen LogP) is 3.04. The summed E-state index contributed by atoms with van der Waals surface area (Å²) < 4.78 is 0. The van der Waals surface area contributed by atoms with Crippen LogP contribution in [0.5, 0.6) is 0 Å². The number of rotatable bonds is 0. The quantitative estimate of drug-likeness (QED) is 0.538. The Morgan fingerprint density at radius 2 is 2.08 bits per heavy atom. The summed E-state index contributed by atoms with van der Waals surface area (Å²) in [5.74, 6) is 0. The maximum atomic E-state index is 2.34. The molecular weight excluding hydrogens is 144 g/mol. The van der Waals surface area contributed by atoms with E-state index in [-0.39, 0.29) is 0 Å². The molecule has 0 amide bonds. The molecule has 0 unspecified atom stereocenters. The highest BCUT2D eigenvalue weighted by molar-refractivity contribution is 5.92. The van der Waals surface area contributed by atoms with Crippen LogP contribution in [-0.4, -0.2) is 0 Å². The minimum absolute atomic E-state index is 1.20. The maximum absolute atomic E-state index is 2.34. The average Bonchev–Trinajstić information content (AvgIpc) is 2.52. The van der Waals surface area contributed by atoms with E-state index < -0.39 is 0 Å². The second-order valence-corrected chi connectivity index (χ2v) is 3.41. The summed E-state index contributed by atoms with van der Waals surface area (Å²) in [4.78, 5) is 0. The lowest BCUT2D eigenvalue weighted by molar-refractivity contribution is 0.980. The fourth-order valence-corrected chi connectivity index (χ4v) is 2.14. The summed E-state index contributed by atoms with van der Waals surface area (Å²) in [6.07, 6.45) is 9.21. The highest BCUT2D eigenvalue weighted by atomic mass is 14.2. The first-order valence-corrected chi connectivity index (χ1v) is 4.46. The van der Waals surface area contributed by atoms with Crippen molar-refractivity contribution >= 4 is 11.6 Å². The largest absolute Gasteiger partial charge is 0.0763 e. The monoisotopic (exact) mass is 154 g/mol. The van der Waals surface area contributed by atoms with E-state index >= 15 is 0 Å². The van der Waals surface area contributed by atoms with Gasteiger partial charge in [-0.05, 0) is 35.1 Å². The van der Waals surface area contributed by atoms with Crippen LogP contribution in [0.25, 0.3) is 11.6 Å². The lowest BCUT2D eigenvalue weighted by atomic mass is 9.91. The zero-order valence-electron chi connectivity index (χ0n) is 6.88. The number of hydrogen-bond donors (Lipinski definition) is 0. The second kappa shape index (κ2) is 2.10. The van der Waals surface area contributed by atoms with Crippen molar-refractivity contribution in [1.29, 1.82) is 0 Å². The molecule has 0 saturated carbocycles. The Hall–Kier alpha value is -1.30. The van der Waals surface area contributed by atoms with E-state index in [0.717, 1.165) is 0 Å². The first-order chi connectivity index (χ1) is 5.95.